The molecule has 1 aliphatic heterocycles. The van der Waals surface area contributed by atoms with E-state index < -0.39 is 23.8 Å². The zero-order valence-electron chi connectivity index (χ0n) is 15.5. The number of unbranched alkanes of at least 4 members (excludes halogenated alkanes) is 3. The standard InChI is InChI=1S/C20H27N3O3/c1-3-5-6-10-13-21-16(4-2)17-18(24)22-20(26)23(19(17)25)14-15-11-8-7-9-12-15/h7-9,11-12,17H,3-6,10,13-14H2,1-2H3,(H,22,24,26). The van der Waals surface area contributed by atoms with Gasteiger partial charge in [0.05, 0.1) is 6.54 Å². The molecule has 0 saturated carbocycles. The molecule has 4 amide bonds. The Hall–Kier alpha value is -2.50. The van der Waals surface area contributed by atoms with Crippen molar-refractivity contribution in [3.63, 3.8) is 0 Å². The van der Waals surface area contributed by atoms with Crippen LogP contribution in [0, 0.1) is 5.92 Å². The Balaban J connectivity index is 2.12. The molecular formula is C20H27N3O3. The fourth-order valence-electron chi connectivity index (χ4n) is 2.99. The summed E-state index contributed by atoms with van der Waals surface area (Å²) in [5.41, 5.74) is 1.38. The maximum absolute atomic E-state index is 12.8. The molecule has 1 heterocycles. The molecule has 1 aliphatic rings. The van der Waals surface area contributed by atoms with Gasteiger partial charge in [0.15, 0.2) is 5.92 Å². The lowest BCUT2D eigenvalue weighted by atomic mass is 9.96. The number of carbonyl (C=O) groups excluding carboxylic acids is 3. The van der Waals surface area contributed by atoms with E-state index in [2.05, 4.69) is 17.2 Å². The van der Waals surface area contributed by atoms with Gasteiger partial charge in [-0.15, -0.1) is 0 Å². The first-order chi connectivity index (χ1) is 12.6. The van der Waals surface area contributed by atoms with E-state index in [-0.39, 0.29) is 6.54 Å². The first-order valence-corrected chi connectivity index (χ1v) is 9.31. The maximum Gasteiger partial charge on any atom is 0.331 e. The number of hydrogen-bond acceptors (Lipinski definition) is 4. The van der Waals surface area contributed by atoms with Gasteiger partial charge in [0.1, 0.15) is 0 Å². The molecule has 1 fully saturated rings. The highest BCUT2D eigenvalue weighted by Crippen LogP contribution is 2.17. The fourth-order valence-corrected chi connectivity index (χ4v) is 2.99. The van der Waals surface area contributed by atoms with Gasteiger partial charge in [0.25, 0.3) is 0 Å². The van der Waals surface area contributed by atoms with Crippen molar-refractivity contribution in [1.29, 1.82) is 0 Å². The number of carbonyl (C=O) groups is 3. The van der Waals surface area contributed by atoms with Crippen LogP contribution in [0.4, 0.5) is 4.79 Å². The van der Waals surface area contributed by atoms with Gasteiger partial charge in [-0.05, 0) is 18.4 Å². The van der Waals surface area contributed by atoms with E-state index in [9.17, 15) is 14.4 Å². The van der Waals surface area contributed by atoms with E-state index in [1.54, 1.807) is 0 Å². The molecule has 140 valence electrons. The van der Waals surface area contributed by atoms with Crippen LogP contribution in [-0.4, -0.2) is 35.0 Å². The lowest BCUT2D eigenvalue weighted by Crippen LogP contribution is -2.59. The summed E-state index contributed by atoms with van der Waals surface area (Å²) in [6.45, 7) is 4.77. The number of nitrogens with one attached hydrogen (secondary N) is 1. The highest BCUT2D eigenvalue weighted by Gasteiger charge is 2.42. The van der Waals surface area contributed by atoms with Crippen LogP contribution < -0.4 is 5.32 Å². The Morgan fingerprint density at radius 2 is 1.81 bits per heavy atom. The lowest BCUT2D eigenvalue weighted by Gasteiger charge is -2.30. The van der Waals surface area contributed by atoms with Crippen molar-refractivity contribution in [2.45, 2.75) is 52.5 Å². The van der Waals surface area contributed by atoms with Crippen LogP contribution in [0.5, 0.6) is 0 Å². The number of urea groups is 1. The fraction of sp³-hybridized carbons (Fsp3) is 0.500. The van der Waals surface area contributed by atoms with Gasteiger partial charge in [0, 0.05) is 12.3 Å². The predicted molar refractivity (Wildman–Crippen MR) is 101 cm³/mol. The molecule has 1 atom stereocenters. The molecule has 0 aromatic heterocycles. The minimum Gasteiger partial charge on any atom is -0.293 e. The maximum atomic E-state index is 12.8. The molecule has 6 heteroatoms. The summed E-state index contributed by atoms with van der Waals surface area (Å²) >= 11 is 0. The monoisotopic (exact) mass is 357 g/mol. The topological polar surface area (TPSA) is 78.8 Å². The van der Waals surface area contributed by atoms with Crippen molar-refractivity contribution in [2.24, 2.45) is 10.9 Å². The van der Waals surface area contributed by atoms with E-state index in [1.165, 1.54) is 0 Å². The van der Waals surface area contributed by atoms with Gasteiger partial charge >= 0.3 is 6.03 Å². The normalized spacial score (nSPS) is 18.2. The van der Waals surface area contributed by atoms with E-state index in [0.29, 0.717) is 18.7 Å². The van der Waals surface area contributed by atoms with Crippen LogP contribution in [0.15, 0.2) is 35.3 Å². The van der Waals surface area contributed by atoms with Crippen molar-refractivity contribution in [3.05, 3.63) is 35.9 Å². The zero-order chi connectivity index (χ0) is 18.9. The Labute approximate surface area is 154 Å². The first kappa shape index (κ1) is 19.8. The Morgan fingerprint density at radius 3 is 2.46 bits per heavy atom. The average Bonchev–Trinajstić information content (AvgIpc) is 2.64. The molecule has 1 unspecified atom stereocenters. The van der Waals surface area contributed by atoms with Crippen LogP contribution in [0.3, 0.4) is 0 Å². The Morgan fingerprint density at radius 1 is 1.08 bits per heavy atom. The highest BCUT2D eigenvalue weighted by atomic mass is 16.2. The predicted octanol–water partition coefficient (Wildman–Crippen LogP) is 3.31. The Kier molecular flexibility index (Phi) is 7.51. The minimum absolute atomic E-state index is 0.142. The third kappa shape index (κ3) is 5.00. The number of aliphatic imine (C=N–C) groups is 1. The summed E-state index contributed by atoms with van der Waals surface area (Å²) in [4.78, 5) is 42.9. The van der Waals surface area contributed by atoms with E-state index in [4.69, 9.17) is 0 Å². The number of nitrogens with zero attached hydrogens (tertiary/aromatic N) is 2. The van der Waals surface area contributed by atoms with Gasteiger partial charge in [-0.25, -0.2) is 4.79 Å². The smallest absolute Gasteiger partial charge is 0.293 e. The highest BCUT2D eigenvalue weighted by molar-refractivity contribution is 6.27. The molecule has 0 bridgehead atoms. The molecule has 26 heavy (non-hydrogen) atoms. The molecule has 0 aliphatic carbocycles. The minimum atomic E-state index is -1.01. The summed E-state index contributed by atoms with van der Waals surface area (Å²) in [6.07, 6.45) is 4.82. The van der Waals surface area contributed by atoms with Gasteiger partial charge < -0.3 is 0 Å². The van der Waals surface area contributed by atoms with Crippen molar-refractivity contribution < 1.29 is 14.4 Å². The number of hydrogen-bond donors (Lipinski definition) is 1. The number of amides is 4. The molecule has 1 aromatic rings. The second kappa shape index (κ2) is 9.85. The molecule has 0 spiro atoms. The van der Waals surface area contributed by atoms with E-state index >= 15 is 0 Å². The lowest BCUT2D eigenvalue weighted by molar-refractivity contribution is -0.139. The average molecular weight is 357 g/mol. The summed E-state index contributed by atoms with van der Waals surface area (Å²) in [6, 6.07) is 8.58. The van der Waals surface area contributed by atoms with Gasteiger partial charge in [-0.1, -0.05) is 63.4 Å². The number of benzene rings is 1. The van der Waals surface area contributed by atoms with Crippen molar-refractivity contribution in [1.82, 2.24) is 10.2 Å². The second-order valence-corrected chi connectivity index (χ2v) is 6.42. The third-order valence-corrected chi connectivity index (χ3v) is 4.46. The molecule has 1 saturated heterocycles. The van der Waals surface area contributed by atoms with Crippen LogP contribution in [0.2, 0.25) is 0 Å². The van der Waals surface area contributed by atoms with Crippen molar-refractivity contribution in [2.75, 3.05) is 6.54 Å². The summed E-state index contributed by atoms with van der Waals surface area (Å²) in [7, 11) is 0. The van der Waals surface area contributed by atoms with Gasteiger partial charge in [-0.3, -0.25) is 24.8 Å². The van der Waals surface area contributed by atoms with Gasteiger partial charge in [0.2, 0.25) is 11.8 Å². The van der Waals surface area contributed by atoms with Crippen LogP contribution in [-0.2, 0) is 16.1 Å². The largest absolute Gasteiger partial charge is 0.331 e. The molecular weight excluding hydrogens is 330 g/mol. The molecule has 1 N–H and O–H groups in total. The van der Waals surface area contributed by atoms with Crippen LogP contribution in [0.1, 0.15) is 51.5 Å². The summed E-state index contributed by atoms with van der Waals surface area (Å²) in [5.74, 6) is -2.07. The Bertz CT molecular complexity index is 670. The number of imide groups is 2. The summed E-state index contributed by atoms with van der Waals surface area (Å²) in [5, 5.41) is 2.30. The van der Waals surface area contributed by atoms with Crippen molar-refractivity contribution >= 4 is 23.6 Å². The molecule has 0 radical (unpaired) electrons. The molecule has 2 rings (SSSR count). The SMILES string of the molecule is CCCCCCN=C(CC)C1C(=O)NC(=O)N(Cc2ccccc2)C1=O. The second-order valence-electron chi connectivity index (χ2n) is 6.42. The van der Waals surface area contributed by atoms with Crippen molar-refractivity contribution in [3.8, 4) is 0 Å². The van der Waals surface area contributed by atoms with E-state index in [0.717, 1.165) is 36.1 Å². The zero-order valence-corrected chi connectivity index (χ0v) is 15.5. The number of barbiturate groups is 1. The molecule has 1 aromatic carbocycles. The van der Waals surface area contributed by atoms with Gasteiger partial charge in [-0.2, -0.15) is 0 Å². The van der Waals surface area contributed by atoms with Crippen LogP contribution >= 0.6 is 0 Å². The summed E-state index contributed by atoms with van der Waals surface area (Å²) < 4.78 is 0. The molecule has 6 nitrogen and oxygen atoms in total. The quantitative estimate of drug-likeness (QED) is 0.418. The third-order valence-electron chi connectivity index (χ3n) is 4.46. The first-order valence-electron chi connectivity index (χ1n) is 9.31. The van der Waals surface area contributed by atoms with E-state index in [1.807, 2.05) is 37.3 Å². The van der Waals surface area contributed by atoms with Crippen LogP contribution in [0.25, 0.3) is 0 Å². The number of rotatable bonds is 9.